The average molecular weight is 634 g/mol. The molecule has 0 bridgehead atoms. The molecule has 1 aromatic heterocycles. The topological polar surface area (TPSA) is 141 Å². The summed E-state index contributed by atoms with van der Waals surface area (Å²) in [7, 11) is 0. The van der Waals surface area contributed by atoms with Crippen molar-refractivity contribution in [2.45, 2.75) is 64.1 Å². The fourth-order valence-electron chi connectivity index (χ4n) is 5.85. The Morgan fingerprint density at radius 1 is 0.830 bits per heavy atom. The molecule has 0 aliphatic rings. The first-order valence-corrected chi connectivity index (χ1v) is 15.9. The number of hydrogen-bond donors (Lipinski definition) is 3. The van der Waals surface area contributed by atoms with Crippen LogP contribution in [0.5, 0.6) is 0 Å². The lowest BCUT2D eigenvalue weighted by atomic mass is 9.99. The number of para-hydroxylation sites is 1. The van der Waals surface area contributed by atoms with Gasteiger partial charge in [0, 0.05) is 30.3 Å². The van der Waals surface area contributed by atoms with E-state index in [1.807, 2.05) is 83.4 Å². The fourth-order valence-corrected chi connectivity index (χ4v) is 5.85. The van der Waals surface area contributed by atoms with E-state index in [1.165, 1.54) is 5.56 Å². The van der Waals surface area contributed by atoms with Crippen LogP contribution < -0.4 is 11.1 Å². The molecule has 242 valence electrons. The summed E-state index contributed by atoms with van der Waals surface area (Å²) in [5.74, 6) is -2.90. The molecule has 0 fully saturated rings. The van der Waals surface area contributed by atoms with Crippen molar-refractivity contribution in [1.29, 1.82) is 0 Å². The predicted molar refractivity (Wildman–Crippen MR) is 181 cm³/mol. The standard InChI is InChI=1S/C38H39N3O6/c1-2-25-15-17-29-20-27(16-18-28(29)19-25)21-31(23-35(39)42)47-38(46)32(12-8-14-36(43)44)40-37(45)34-22-30-11-6-7-13-33(30)41(34)24-26-9-4-3-5-10-26/h3-7,9-11,13,15-20,22,31-32H,2,8,12,14,21,23-24H2,1H3,(H2,39,42)(H,40,45)(H,43,44)/t31-,32-/m0/s1. The van der Waals surface area contributed by atoms with Crippen LogP contribution in [0.15, 0.2) is 97.1 Å². The van der Waals surface area contributed by atoms with E-state index in [-0.39, 0.29) is 32.1 Å². The molecule has 4 N–H and O–H groups in total. The molecule has 2 amide bonds. The summed E-state index contributed by atoms with van der Waals surface area (Å²) in [5, 5.41) is 15.0. The summed E-state index contributed by atoms with van der Waals surface area (Å²) in [6.45, 7) is 2.53. The van der Waals surface area contributed by atoms with Crippen LogP contribution in [0, 0.1) is 0 Å². The molecule has 2 atom stereocenters. The number of carboxylic acids is 1. The Morgan fingerprint density at radius 3 is 2.21 bits per heavy atom. The minimum Gasteiger partial charge on any atom is -0.481 e. The maximum Gasteiger partial charge on any atom is 0.328 e. The number of amides is 2. The largest absolute Gasteiger partial charge is 0.481 e. The lowest BCUT2D eigenvalue weighted by Crippen LogP contribution is -2.44. The number of rotatable bonds is 15. The van der Waals surface area contributed by atoms with E-state index in [0.29, 0.717) is 12.2 Å². The number of hydrogen-bond acceptors (Lipinski definition) is 5. The number of benzene rings is 4. The Bertz CT molecular complexity index is 1900. The second-order valence-corrected chi connectivity index (χ2v) is 11.8. The van der Waals surface area contributed by atoms with Gasteiger partial charge in [0.1, 0.15) is 17.8 Å². The Labute approximate surface area is 273 Å². The first-order valence-electron chi connectivity index (χ1n) is 15.9. The van der Waals surface area contributed by atoms with E-state index in [0.717, 1.165) is 39.2 Å². The van der Waals surface area contributed by atoms with Crippen LogP contribution in [0.3, 0.4) is 0 Å². The molecule has 0 radical (unpaired) electrons. The quantitative estimate of drug-likeness (QED) is 0.125. The summed E-state index contributed by atoms with van der Waals surface area (Å²) in [4.78, 5) is 50.8. The first kappa shape index (κ1) is 32.9. The molecule has 0 spiro atoms. The zero-order valence-corrected chi connectivity index (χ0v) is 26.4. The monoisotopic (exact) mass is 633 g/mol. The summed E-state index contributed by atoms with van der Waals surface area (Å²) in [5.41, 5.74) is 9.82. The molecule has 0 unspecified atom stereocenters. The number of esters is 1. The minimum absolute atomic E-state index is 0.0365. The van der Waals surface area contributed by atoms with Crippen molar-refractivity contribution >= 4 is 45.4 Å². The summed E-state index contributed by atoms with van der Waals surface area (Å²) >= 11 is 0. The lowest BCUT2D eigenvalue weighted by molar-refractivity contribution is -0.153. The van der Waals surface area contributed by atoms with Gasteiger partial charge in [0.05, 0.1) is 6.42 Å². The molecule has 0 aliphatic heterocycles. The Kier molecular flexibility index (Phi) is 10.7. The highest BCUT2D eigenvalue weighted by atomic mass is 16.5. The molecule has 1 heterocycles. The molecule has 9 heteroatoms. The van der Waals surface area contributed by atoms with Gasteiger partial charge in [0.25, 0.3) is 5.91 Å². The number of carboxylic acid groups (broad SMARTS) is 1. The van der Waals surface area contributed by atoms with E-state index < -0.39 is 35.9 Å². The van der Waals surface area contributed by atoms with Crippen LogP contribution in [0.25, 0.3) is 21.7 Å². The molecule has 47 heavy (non-hydrogen) atoms. The van der Waals surface area contributed by atoms with E-state index in [4.69, 9.17) is 10.5 Å². The number of primary amides is 1. The van der Waals surface area contributed by atoms with Crippen molar-refractivity contribution in [1.82, 2.24) is 9.88 Å². The molecular formula is C38H39N3O6. The van der Waals surface area contributed by atoms with Crippen LogP contribution in [-0.4, -0.2) is 45.6 Å². The van der Waals surface area contributed by atoms with E-state index in [1.54, 1.807) is 6.07 Å². The summed E-state index contributed by atoms with van der Waals surface area (Å²) in [6.07, 6.45) is 0.0579. The highest BCUT2D eigenvalue weighted by Crippen LogP contribution is 2.23. The van der Waals surface area contributed by atoms with Gasteiger partial charge in [0.2, 0.25) is 5.91 Å². The number of aromatic nitrogens is 1. The van der Waals surface area contributed by atoms with Gasteiger partial charge >= 0.3 is 11.9 Å². The lowest BCUT2D eigenvalue weighted by Gasteiger charge is -2.23. The highest BCUT2D eigenvalue weighted by molar-refractivity contribution is 6.00. The van der Waals surface area contributed by atoms with Crippen LogP contribution in [-0.2, 0) is 38.5 Å². The molecule has 0 aliphatic carbocycles. The summed E-state index contributed by atoms with van der Waals surface area (Å²) in [6, 6.07) is 30.1. The van der Waals surface area contributed by atoms with Crippen molar-refractivity contribution in [3.05, 3.63) is 119 Å². The number of ether oxygens (including phenoxy) is 1. The zero-order chi connectivity index (χ0) is 33.3. The zero-order valence-electron chi connectivity index (χ0n) is 26.4. The van der Waals surface area contributed by atoms with Gasteiger partial charge in [-0.3, -0.25) is 14.4 Å². The highest BCUT2D eigenvalue weighted by Gasteiger charge is 2.28. The van der Waals surface area contributed by atoms with Crippen molar-refractivity contribution in [3.8, 4) is 0 Å². The number of carbonyl (C=O) groups excluding carboxylic acids is 3. The minimum atomic E-state index is -1.15. The van der Waals surface area contributed by atoms with Crippen LogP contribution in [0.1, 0.15) is 59.8 Å². The Hall–Kier alpha value is -5.44. The fraction of sp³-hybridized carbons (Fsp3) is 0.263. The molecule has 5 aromatic rings. The van der Waals surface area contributed by atoms with Gasteiger partial charge in [-0.05, 0) is 58.9 Å². The van der Waals surface area contributed by atoms with Gasteiger partial charge in [-0.15, -0.1) is 0 Å². The first-order chi connectivity index (χ1) is 22.7. The van der Waals surface area contributed by atoms with Gasteiger partial charge in [-0.1, -0.05) is 91.9 Å². The number of nitrogens with zero attached hydrogens (tertiary/aromatic N) is 1. The normalized spacial score (nSPS) is 12.4. The number of nitrogens with two attached hydrogens (primary N) is 1. The SMILES string of the molecule is CCc1ccc2cc(C[C@@H](CC(N)=O)OC(=O)[C@H](CCCC(=O)O)NC(=O)c3cc4ccccc4n3Cc3ccccc3)ccc2c1. The van der Waals surface area contributed by atoms with Gasteiger partial charge < -0.3 is 25.5 Å². The van der Waals surface area contributed by atoms with Gasteiger partial charge in [0.15, 0.2) is 0 Å². The van der Waals surface area contributed by atoms with Crippen molar-refractivity contribution in [3.63, 3.8) is 0 Å². The second-order valence-electron chi connectivity index (χ2n) is 11.8. The van der Waals surface area contributed by atoms with Gasteiger partial charge in [-0.2, -0.15) is 0 Å². The molecule has 0 saturated heterocycles. The van der Waals surface area contributed by atoms with E-state index >= 15 is 0 Å². The van der Waals surface area contributed by atoms with Crippen molar-refractivity contribution < 1.29 is 29.0 Å². The molecule has 0 saturated carbocycles. The molecule has 4 aromatic carbocycles. The Balaban J connectivity index is 1.38. The van der Waals surface area contributed by atoms with Crippen molar-refractivity contribution in [2.75, 3.05) is 0 Å². The molecule has 9 nitrogen and oxygen atoms in total. The smallest absolute Gasteiger partial charge is 0.328 e. The third kappa shape index (κ3) is 8.64. The maximum absolute atomic E-state index is 13.8. The maximum atomic E-state index is 13.8. The van der Waals surface area contributed by atoms with Crippen molar-refractivity contribution in [2.24, 2.45) is 5.73 Å². The molecular weight excluding hydrogens is 594 g/mol. The third-order valence-corrected chi connectivity index (χ3v) is 8.25. The van der Waals surface area contributed by atoms with E-state index in [2.05, 4.69) is 24.4 Å². The second kappa shape index (κ2) is 15.2. The average Bonchev–Trinajstić information content (AvgIpc) is 3.42. The van der Waals surface area contributed by atoms with Crippen LogP contribution >= 0.6 is 0 Å². The van der Waals surface area contributed by atoms with E-state index in [9.17, 15) is 24.3 Å². The summed E-state index contributed by atoms with van der Waals surface area (Å²) < 4.78 is 7.73. The van der Waals surface area contributed by atoms with Crippen LogP contribution in [0.4, 0.5) is 0 Å². The Morgan fingerprint density at radius 2 is 1.51 bits per heavy atom. The molecule has 5 rings (SSSR count). The third-order valence-electron chi connectivity index (χ3n) is 8.25. The number of aryl methyl sites for hydroxylation is 1. The number of nitrogens with one attached hydrogen (secondary N) is 1. The van der Waals surface area contributed by atoms with Crippen LogP contribution in [0.2, 0.25) is 0 Å². The number of carbonyl (C=O) groups is 4. The van der Waals surface area contributed by atoms with Gasteiger partial charge in [-0.25, -0.2) is 4.79 Å². The number of aliphatic carboxylic acids is 1. The predicted octanol–water partition coefficient (Wildman–Crippen LogP) is 5.79. The number of fused-ring (bicyclic) bond motifs is 2.